The van der Waals surface area contributed by atoms with Crippen LogP contribution in [-0.2, 0) is 18.3 Å². The molecule has 2 amide bonds. The maximum atomic E-state index is 13.2. The molecule has 32 heavy (non-hydrogen) atoms. The van der Waals surface area contributed by atoms with Crippen molar-refractivity contribution in [2.45, 2.75) is 27.2 Å². The highest BCUT2D eigenvalue weighted by molar-refractivity contribution is 5.95. The van der Waals surface area contributed by atoms with Gasteiger partial charge in [-0.2, -0.15) is 5.10 Å². The van der Waals surface area contributed by atoms with Crippen molar-refractivity contribution in [3.63, 3.8) is 0 Å². The van der Waals surface area contributed by atoms with Crippen LogP contribution in [0.3, 0.4) is 0 Å². The zero-order valence-corrected chi connectivity index (χ0v) is 19.2. The number of carbonyl (C=O) groups is 2. The lowest BCUT2D eigenvalue weighted by molar-refractivity contribution is -0.124. The summed E-state index contributed by atoms with van der Waals surface area (Å²) < 4.78 is 1.70. The number of rotatable bonds is 4. The highest BCUT2D eigenvalue weighted by Crippen LogP contribution is 2.28. The lowest BCUT2D eigenvalue weighted by Gasteiger charge is -2.24. The van der Waals surface area contributed by atoms with Gasteiger partial charge in [0, 0.05) is 32.4 Å². The van der Waals surface area contributed by atoms with Crippen LogP contribution in [0.1, 0.15) is 32.7 Å². The third-order valence-corrected chi connectivity index (χ3v) is 6.26. The van der Waals surface area contributed by atoms with E-state index in [1.165, 1.54) is 11.1 Å². The summed E-state index contributed by atoms with van der Waals surface area (Å²) in [5.41, 5.74) is 7.26. The molecular weight excluding hydrogens is 400 g/mol. The summed E-state index contributed by atoms with van der Waals surface area (Å²) in [6.07, 6.45) is 2.19. The second-order valence-electron chi connectivity index (χ2n) is 8.74. The van der Waals surface area contributed by atoms with Crippen molar-refractivity contribution in [3.8, 4) is 11.1 Å². The molecule has 1 fully saturated rings. The number of amides is 2. The van der Waals surface area contributed by atoms with Crippen LogP contribution in [0.2, 0.25) is 0 Å². The quantitative estimate of drug-likeness (QED) is 0.690. The largest absolute Gasteiger partial charge is 0.354 e. The Morgan fingerprint density at radius 1 is 1.12 bits per heavy atom. The topological polar surface area (TPSA) is 67.2 Å². The number of benzene rings is 2. The predicted molar refractivity (Wildman–Crippen MR) is 125 cm³/mol. The van der Waals surface area contributed by atoms with Crippen molar-refractivity contribution in [3.05, 3.63) is 76.6 Å². The van der Waals surface area contributed by atoms with Gasteiger partial charge in [0.05, 0.1) is 17.7 Å². The van der Waals surface area contributed by atoms with E-state index in [0.717, 1.165) is 22.4 Å². The van der Waals surface area contributed by atoms with E-state index in [1.54, 1.807) is 15.8 Å². The van der Waals surface area contributed by atoms with E-state index in [4.69, 9.17) is 0 Å². The Balaban J connectivity index is 1.61. The first kappa shape index (κ1) is 21.8. The minimum absolute atomic E-state index is 0.00145. The molecule has 2 heterocycles. The van der Waals surface area contributed by atoms with Crippen molar-refractivity contribution < 1.29 is 9.59 Å². The smallest absolute Gasteiger partial charge is 0.257 e. The molecule has 2 aromatic carbocycles. The number of hydrogen-bond acceptors (Lipinski definition) is 3. The Morgan fingerprint density at radius 3 is 2.53 bits per heavy atom. The molecule has 166 valence electrons. The molecule has 0 aliphatic carbocycles. The van der Waals surface area contributed by atoms with Gasteiger partial charge in [-0.3, -0.25) is 14.3 Å². The van der Waals surface area contributed by atoms with Crippen LogP contribution in [0.25, 0.3) is 11.1 Å². The molecule has 1 unspecified atom stereocenters. The standard InChI is InChI=1S/C26H30N4O2/c1-17-11-18(2)13-21(12-17)23-8-6-5-7-20(23)14-22-16-30(10-9-27-25(22)31)26(32)24-15-28-29(4)19(24)3/h5-8,11-13,15,22H,9-10,14,16H2,1-4H3,(H,27,31). The van der Waals surface area contributed by atoms with Gasteiger partial charge >= 0.3 is 0 Å². The average Bonchev–Trinajstić information content (AvgIpc) is 2.98. The second-order valence-corrected chi connectivity index (χ2v) is 8.74. The Kier molecular flexibility index (Phi) is 6.12. The van der Waals surface area contributed by atoms with Crippen LogP contribution in [0.15, 0.2) is 48.7 Å². The van der Waals surface area contributed by atoms with E-state index in [0.29, 0.717) is 31.6 Å². The summed E-state index contributed by atoms with van der Waals surface area (Å²) in [7, 11) is 1.83. The molecule has 1 atom stereocenters. The van der Waals surface area contributed by atoms with Crippen LogP contribution in [-0.4, -0.2) is 46.1 Å². The number of aryl methyl sites for hydroxylation is 3. The van der Waals surface area contributed by atoms with Gasteiger partial charge in [-0.25, -0.2) is 0 Å². The summed E-state index contributed by atoms with van der Waals surface area (Å²) in [5.74, 6) is -0.386. The summed E-state index contributed by atoms with van der Waals surface area (Å²) in [5, 5.41) is 7.20. The first-order valence-corrected chi connectivity index (χ1v) is 11.1. The van der Waals surface area contributed by atoms with Gasteiger partial charge in [-0.05, 0) is 43.9 Å². The van der Waals surface area contributed by atoms with Crippen LogP contribution in [0.5, 0.6) is 0 Å². The van der Waals surface area contributed by atoms with E-state index in [2.05, 4.69) is 54.6 Å². The number of hydrogen-bond donors (Lipinski definition) is 1. The molecule has 6 nitrogen and oxygen atoms in total. The number of nitrogens with zero attached hydrogens (tertiary/aromatic N) is 3. The van der Waals surface area contributed by atoms with Crippen molar-refractivity contribution in [1.29, 1.82) is 0 Å². The fourth-order valence-corrected chi connectivity index (χ4v) is 4.49. The van der Waals surface area contributed by atoms with Crippen LogP contribution in [0, 0.1) is 26.7 Å². The van der Waals surface area contributed by atoms with Gasteiger partial charge in [0.25, 0.3) is 5.91 Å². The van der Waals surface area contributed by atoms with Gasteiger partial charge < -0.3 is 10.2 Å². The van der Waals surface area contributed by atoms with Gasteiger partial charge in [0.1, 0.15) is 0 Å². The fraction of sp³-hybridized carbons (Fsp3) is 0.346. The Labute approximate surface area is 189 Å². The van der Waals surface area contributed by atoms with E-state index in [1.807, 2.05) is 26.1 Å². The van der Waals surface area contributed by atoms with Gasteiger partial charge in [0.15, 0.2) is 0 Å². The molecule has 0 bridgehead atoms. The van der Waals surface area contributed by atoms with Crippen LogP contribution >= 0.6 is 0 Å². The predicted octanol–water partition coefficient (Wildman–Crippen LogP) is 3.44. The fourth-order valence-electron chi connectivity index (χ4n) is 4.49. The Morgan fingerprint density at radius 2 is 1.84 bits per heavy atom. The first-order valence-electron chi connectivity index (χ1n) is 11.1. The summed E-state index contributed by atoms with van der Waals surface area (Å²) >= 11 is 0. The molecule has 1 N–H and O–H groups in total. The molecule has 4 rings (SSSR count). The summed E-state index contributed by atoms with van der Waals surface area (Å²) in [6.45, 7) is 7.43. The van der Waals surface area contributed by atoms with Crippen molar-refractivity contribution >= 4 is 11.8 Å². The minimum atomic E-state index is -0.314. The monoisotopic (exact) mass is 430 g/mol. The number of carbonyl (C=O) groups excluding carboxylic acids is 2. The average molecular weight is 431 g/mol. The molecule has 0 spiro atoms. The molecule has 6 heteroatoms. The maximum absolute atomic E-state index is 13.2. The minimum Gasteiger partial charge on any atom is -0.354 e. The van der Waals surface area contributed by atoms with E-state index in [9.17, 15) is 9.59 Å². The molecule has 0 radical (unpaired) electrons. The summed E-state index contributed by atoms with van der Waals surface area (Å²) in [6, 6.07) is 14.8. The normalized spacial score (nSPS) is 16.6. The van der Waals surface area contributed by atoms with Crippen LogP contribution in [0.4, 0.5) is 0 Å². The van der Waals surface area contributed by atoms with Gasteiger partial charge in [0.2, 0.25) is 5.91 Å². The lowest BCUT2D eigenvalue weighted by Crippen LogP contribution is -2.37. The zero-order valence-electron chi connectivity index (χ0n) is 19.2. The van der Waals surface area contributed by atoms with Gasteiger partial charge in [-0.1, -0.05) is 53.6 Å². The molecule has 1 aliphatic heterocycles. The third-order valence-electron chi connectivity index (χ3n) is 6.26. The van der Waals surface area contributed by atoms with Crippen molar-refractivity contribution in [2.24, 2.45) is 13.0 Å². The number of aromatic nitrogens is 2. The Bertz CT molecular complexity index is 1140. The molecule has 3 aromatic rings. The SMILES string of the molecule is Cc1cc(C)cc(-c2ccccc2CC2CN(C(=O)c3cnn(C)c3C)CCNC2=O)c1. The van der Waals surface area contributed by atoms with Gasteiger partial charge in [-0.15, -0.1) is 0 Å². The highest BCUT2D eigenvalue weighted by atomic mass is 16.2. The molecular formula is C26H30N4O2. The highest BCUT2D eigenvalue weighted by Gasteiger charge is 2.30. The molecule has 1 aliphatic rings. The van der Waals surface area contributed by atoms with Crippen molar-refractivity contribution in [1.82, 2.24) is 20.0 Å². The molecule has 1 saturated heterocycles. The number of nitrogens with one attached hydrogen (secondary N) is 1. The zero-order chi connectivity index (χ0) is 22.8. The van der Waals surface area contributed by atoms with E-state index in [-0.39, 0.29) is 17.7 Å². The first-order chi connectivity index (χ1) is 15.3. The Hall–Kier alpha value is -3.41. The third kappa shape index (κ3) is 4.44. The molecule has 0 saturated carbocycles. The van der Waals surface area contributed by atoms with Crippen LogP contribution < -0.4 is 5.32 Å². The second kappa shape index (κ2) is 8.99. The summed E-state index contributed by atoms with van der Waals surface area (Å²) in [4.78, 5) is 27.9. The molecule has 1 aromatic heterocycles. The van der Waals surface area contributed by atoms with Crippen molar-refractivity contribution in [2.75, 3.05) is 19.6 Å². The maximum Gasteiger partial charge on any atom is 0.257 e. The van der Waals surface area contributed by atoms with E-state index >= 15 is 0 Å². The van der Waals surface area contributed by atoms with E-state index < -0.39 is 0 Å². The lowest BCUT2D eigenvalue weighted by atomic mass is 9.90.